The first-order chi connectivity index (χ1) is 10.3. The number of aryl methyl sites for hydroxylation is 2. The van der Waals surface area contributed by atoms with Crippen molar-refractivity contribution in [3.8, 4) is 5.75 Å². The second kappa shape index (κ2) is 10.7. The van der Waals surface area contributed by atoms with Gasteiger partial charge in [0.1, 0.15) is 5.75 Å². The maximum atomic E-state index is 10.1. The minimum Gasteiger partial charge on any atom is -0.507 e. The van der Waals surface area contributed by atoms with Crippen LogP contribution in [0.25, 0.3) is 0 Å². The highest BCUT2D eigenvalue weighted by Gasteiger charge is 2.09. The molecular formula is C20H36O2. The Balaban J connectivity index is 0.000000626. The van der Waals surface area contributed by atoms with Crippen LogP contribution in [0.5, 0.6) is 5.75 Å². The molecule has 22 heavy (non-hydrogen) atoms. The number of unbranched alkanes of at least 4 members (excludes halogenated alkanes) is 2. The second-order valence-corrected chi connectivity index (χ2v) is 6.89. The van der Waals surface area contributed by atoms with Gasteiger partial charge in [-0.05, 0) is 70.1 Å². The van der Waals surface area contributed by atoms with Gasteiger partial charge in [0.25, 0.3) is 0 Å². The third-order valence-corrected chi connectivity index (χ3v) is 3.77. The lowest BCUT2D eigenvalue weighted by Crippen LogP contribution is -2.15. The van der Waals surface area contributed by atoms with E-state index < -0.39 is 0 Å². The van der Waals surface area contributed by atoms with Gasteiger partial charge in [0.2, 0.25) is 0 Å². The summed E-state index contributed by atoms with van der Waals surface area (Å²) >= 11 is 0. The average Bonchev–Trinajstić information content (AvgIpc) is 2.47. The van der Waals surface area contributed by atoms with Crippen molar-refractivity contribution >= 4 is 0 Å². The van der Waals surface area contributed by atoms with E-state index in [1.54, 1.807) is 7.11 Å². The fraction of sp³-hybridized carbons (Fsp3) is 0.700. The molecule has 0 bridgehead atoms. The van der Waals surface area contributed by atoms with Crippen LogP contribution in [0.2, 0.25) is 0 Å². The summed E-state index contributed by atoms with van der Waals surface area (Å²) in [5.74, 6) is 0.530. The van der Waals surface area contributed by atoms with Gasteiger partial charge in [0.15, 0.2) is 0 Å². The fourth-order valence-corrected chi connectivity index (χ4v) is 2.03. The molecule has 1 rings (SSSR count). The van der Waals surface area contributed by atoms with E-state index >= 15 is 0 Å². The van der Waals surface area contributed by atoms with Crippen LogP contribution >= 0.6 is 0 Å². The second-order valence-electron chi connectivity index (χ2n) is 6.89. The molecule has 0 aliphatic carbocycles. The normalized spacial score (nSPS) is 11.0. The molecule has 128 valence electrons. The summed E-state index contributed by atoms with van der Waals surface area (Å²) in [5, 5.41) is 10.1. The van der Waals surface area contributed by atoms with Crippen LogP contribution in [0.4, 0.5) is 0 Å². The molecule has 0 radical (unpaired) electrons. The lowest BCUT2D eigenvalue weighted by molar-refractivity contribution is 0.0397. The standard InChI is InChI=1S/C15H24O.C5H12O/c1-4-6-8-13-11-10-12(3)15(16)14(13)9-7-5-2;1-5(2,3)6-4/h10-11,16H,4-9H2,1-3H3;1-4H3. The van der Waals surface area contributed by atoms with Crippen LogP contribution in [0, 0.1) is 6.92 Å². The molecule has 0 unspecified atom stereocenters. The summed E-state index contributed by atoms with van der Waals surface area (Å²) in [5.41, 5.74) is 3.58. The number of rotatable bonds is 6. The van der Waals surface area contributed by atoms with Crippen LogP contribution in [0.3, 0.4) is 0 Å². The van der Waals surface area contributed by atoms with Crippen LogP contribution in [0.1, 0.15) is 77.0 Å². The van der Waals surface area contributed by atoms with Crippen LogP contribution in [-0.4, -0.2) is 17.8 Å². The molecule has 1 aromatic rings. The van der Waals surface area contributed by atoms with E-state index in [2.05, 4.69) is 19.9 Å². The molecule has 0 saturated carbocycles. The van der Waals surface area contributed by atoms with Gasteiger partial charge >= 0.3 is 0 Å². The summed E-state index contributed by atoms with van der Waals surface area (Å²) in [6.45, 7) is 12.4. The third kappa shape index (κ3) is 8.43. The molecule has 0 aliphatic rings. The van der Waals surface area contributed by atoms with E-state index in [4.69, 9.17) is 4.74 Å². The Labute approximate surface area is 137 Å². The van der Waals surface area contributed by atoms with Gasteiger partial charge in [-0.15, -0.1) is 0 Å². The molecule has 1 N–H and O–H groups in total. The SMILES string of the molecule is CCCCc1ccc(C)c(O)c1CCCC.COC(C)(C)C. The van der Waals surface area contributed by atoms with Crippen molar-refractivity contribution in [1.29, 1.82) is 0 Å². The first-order valence-electron chi connectivity index (χ1n) is 8.62. The van der Waals surface area contributed by atoms with Gasteiger partial charge in [-0.1, -0.05) is 38.8 Å². The predicted octanol–water partition coefficient (Wildman–Crippen LogP) is 5.82. The first-order valence-corrected chi connectivity index (χ1v) is 8.62. The van der Waals surface area contributed by atoms with E-state index in [9.17, 15) is 5.11 Å². The van der Waals surface area contributed by atoms with Crippen molar-refractivity contribution < 1.29 is 9.84 Å². The molecule has 0 saturated heterocycles. The molecule has 0 spiro atoms. The lowest BCUT2D eigenvalue weighted by Gasteiger charge is -2.14. The summed E-state index contributed by atoms with van der Waals surface area (Å²) in [6, 6.07) is 4.23. The zero-order valence-corrected chi connectivity index (χ0v) is 15.8. The molecule has 0 aliphatic heterocycles. The number of benzene rings is 1. The van der Waals surface area contributed by atoms with E-state index in [0.29, 0.717) is 5.75 Å². The van der Waals surface area contributed by atoms with E-state index in [1.165, 1.54) is 30.4 Å². The van der Waals surface area contributed by atoms with Gasteiger partial charge in [0.05, 0.1) is 5.60 Å². The van der Waals surface area contributed by atoms with Crippen molar-refractivity contribution in [2.24, 2.45) is 0 Å². The van der Waals surface area contributed by atoms with E-state index in [-0.39, 0.29) is 5.60 Å². The minimum absolute atomic E-state index is 0.0417. The molecule has 0 fully saturated rings. The molecule has 0 aromatic heterocycles. The molecule has 0 atom stereocenters. The number of aromatic hydroxyl groups is 1. The number of hydrogen-bond acceptors (Lipinski definition) is 2. The summed E-state index contributed by atoms with van der Waals surface area (Å²) in [4.78, 5) is 0. The lowest BCUT2D eigenvalue weighted by atomic mass is 9.95. The molecular weight excluding hydrogens is 272 g/mol. The Morgan fingerprint density at radius 1 is 1.00 bits per heavy atom. The Morgan fingerprint density at radius 3 is 1.95 bits per heavy atom. The number of phenols is 1. The number of phenolic OH excluding ortho intramolecular Hbond substituents is 1. The van der Waals surface area contributed by atoms with Crippen molar-refractivity contribution in [3.05, 3.63) is 28.8 Å². The Hall–Kier alpha value is -1.02. The molecule has 1 aromatic carbocycles. The maximum Gasteiger partial charge on any atom is 0.121 e. The molecule has 0 amide bonds. The summed E-state index contributed by atoms with van der Waals surface area (Å²) in [6.07, 6.45) is 6.88. The molecule has 2 heteroatoms. The zero-order chi connectivity index (χ0) is 17.2. The van der Waals surface area contributed by atoms with Crippen LogP contribution < -0.4 is 0 Å². The van der Waals surface area contributed by atoms with Crippen molar-refractivity contribution in [2.45, 2.75) is 85.7 Å². The number of hydrogen-bond donors (Lipinski definition) is 1. The monoisotopic (exact) mass is 308 g/mol. The van der Waals surface area contributed by atoms with Crippen LogP contribution in [-0.2, 0) is 17.6 Å². The number of methoxy groups -OCH3 is 1. The topological polar surface area (TPSA) is 29.5 Å². The van der Waals surface area contributed by atoms with E-state index in [0.717, 1.165) is 24.8 Å². The van der Waals surface area contributed by atoms with Gasteiger partial charge in [-0.3, -0.25) is 0 Å². The number of ether oxygens (including phenoxy) is 1. The largest absolute Gasteiger partial charge is 0.507 e. The van der Waals surface area contributed by atoms with Crippen molar-refractivity contribution in [2.75, 3.05) is 7.11 Å². The first kappa shape index (κ1) is 21.0. The smallest absolute Gasteiger partial charge is 0.121 e. The minimum atomic E-state index is 0.0417. The average molecular weight is 309 g/mol. The van der Waals surface area contributed by atoms with Gasteiger partial charge < -0.3 is 9.84 Å². The van der Waals surface area contributed by atoms with Crippen molar-refractivity contribution in [3.63, 3.8) is 0 Å². The Morgan fingerprint density at radius 2 is 1.50 bits per heavy atom. The zero-order valence-electron chi connectivity index (χ0n) is 15.8. The predicted molar refractivity (Wildman–Crippen MR) is 96.8 cm³/mol. The van der Waals surface area contributed by atoms with Crippen LogP contribution in [0.15, 0.2) is 12.1 Å². The highest BCUT2D eigenvalue weighted by molar-refractivity contribution is 5.45. The third-order valence-electron chi connectivity index (χ3n) is 3.77. The summed E-state index contributed by atoms with van der Waals surface area (Å²) in [7, 11) is 1.71. The van der Waals surface area contributed by atoms with Gasteiger partial charge in [-0.2, -0.15) is 0 Å². The quantitative estimate of drug-likeness (QED) is 0.717. The van der Waals surface area contributed by atoms with Gasteiger partial charge in [0, 0.05) is 7.11 Å². The van der Waals surface area contributed by atoms with E-state index in [1.807, 2.05) is 33.8 Å². The highest BCUT2D eigenvalue weighted by atomic mass is 16.5. The molecule has 0 heterocycles. The molecule has 2 nitrogen and oxygen atoms in total. The Bertz CT molecular complexity index is 416. The van der Waals surface area contributed by atoms with Crippen molar-refractivity contribution in [1.82, 2.24) is 0 Å². The summed E-state index contributed by atoms with van der Waals surface area (Å²) < 4.78 is 4.94. The van der Waals surface area contributed by atoms with Gasteiger partial charge in [-0.25, -0.2) is 0 Å². The Kier molecular flexibility index (Phi) is 10.2. The maximum absolute atomic E-state index is 10.1. The fourth-order valence-electron chi connectivity index (χ4n) is 2.03. The highest BCUT2D eigenvalue weighted by Crippen LogP contribution is 2.28.